The molecule has 6 rings (SSSR count). The van der Waals surface area contributed by atoms with E-state index in [1.807, 2.05) is 30.3 Å². The van der Waals surface area contributed by atoms with E-state index in [0.717, 1.165) is 34.9 Å². The molecule has 14 heteroatoms. The zero-order chi connectivity index (χ0) is 30.6. The van der Waals surface area contributed by atoms with Gasteiger partial charge >= 0.3 is 11.5 Å². The van der Waals surface area contributed by atoms with E-state index in [-0.39, 0.29) is 18.1 Å². The number of benzene rings is 2. The van der Waals surface area contributed by atoms with Gasteiger partial charge in [0, 0.05) is 50.8 Å². The number of aromatic nitrogens is 1. The summed E-state index contributed by atoms with van der Waals surface area (Å²) in [6.45, 7) is 2.20. The summed E-state index contributed by atoms with van der Waals surface area (Å²) in [5.74, 6) is -0.792. The number of rotatable bonds is 6. The number of carbonyl (C=O) groups is 3. The number of halogens is 3. The molecule has 1 aliphatic carbocycles. The number of carbonyl (C=O) groups excluding carboxylic acids is 3. The number of anilines is 2. The highest BCUT2D eigenvalue weighted by molar-refractivity contribution is 7.92. The van der Waals surface area contributed by atoms with Gasteiger partial charge in [0.1, 0.15) is 5.54 Å². The molecular formula is C29H26F3N5O5S. The minimum Gasteiger partial charge on any atom is -0.368 e. The minimum atomic E-state index is -5.59. The average molecular weight is 614 g/mol. The van der Waals surface area contributed by atoms with E-state index in [4.69, 9.17) is 0 Å². The van der Waals surface area contributed by atoms with E-state index in [0.29, 0.717) is 50.1 Å². The second-order valence-corrected chi connectivity index (χ2v) is 12.6. The third-order valence-corrected chi connectivity index (χ3v) is 9.63. The molecule has 2 aromatic carbocycles. The molecule has 2 saturated heterocycles. The molecule has 0 unspecified atom stereocenters. The van der Waals surface area contributed by atoms with Crippen LogP contribution in [0.2, 0.25) is 0 Å². The first-order valence-corrected chi connectivity index (χ1v) is 15.0. The lowest BCUT2D eigenvalue weighted by Crippen LogP contribution is -2.49. The number of hydrogen-bond acceptors (Lipinski definition) is 7. The fourth-order valence-corrected chi connectivity index (χ4v) is 6.33. The van der Waals surface area contributed by atoms with E-state index in [9.17, 15) is 36.0 Å². The van der Waals surface area contributed by atoms with E-state index < -0.39 is 37.7 Å². The Morgan fingerprint density at radius 2 is 1.53 bits per heavy atom. The molecule has 1 spiro atoms. The van der Waals surface area contributed by atoms with Crippen molar-refractivity contribution in [3.05, 3.63) is 84.2 Å². The Labute approximate surface area is 245 Å². The summed E-state index contributed by atoms with van der Waals surface area (Å²) in [5.41, 5.74) is -4.79. The fraction of sp³-hybridized carbons (Fsp3) is 0.310. The number of nitrogens with zero attached hydrogens (tertiary/aromatic N) is 5. The standard InChI is InChI=1S/C29H26F3N5O5S/c30-29(31,32)43(41,42)23-8-6-22(7-9-23)37-26(39)28(11-12-28)36(27(37)40)19-20-10-13-33-18-24(20)25(38)35-16-14-34(15-17-35)21-4-2-1-3-5-21/h1-10,13,18H,11-12,14-17,19H2. The third-order valence-electron chi connectivity index (χ3n) is 8.13. The molecule has 43 heavy (non-hydrogen) atoms. The molecule has 0 bridgehead atoms. The van der Waals surface area contributed by atoms with Crippen LogP contribution in [0.1, 0.15) is 28.8 Å². The Balaban J connectivity index is 1.20. The van der Waals surface area contributed by atoms with Crippen molar-refractivity contribution in [1.82, 2.24) is 14.8 Å². The number of para-hydroxylation sites is 1. The summed E-state index contributed by atoms with van der Waals surface area (Å²) < 4.78 is 62.4. The maximum absolute atomic E-state index is 13.6. The van der Waals surface area contributed by atoms with Crippen molar-refractivity contribution in [2.45, 2.75) is 35.3 Å². The maximum Gasteiger partial charge on any atom is 0.501 e. The number of pyridine rings is 1. The van der Waals surface area contributed by atoms with Gasteiger partial charge in [0.25, 0.3) is 21.7 Å². The van der Waals surface area contributed by atoms with Crippen LogP contribution in [-0.2, 0) is 21.2 Å². The number of alkyl halides is 3. The number of piperazine rings is 1. The Kier molecular flexibility index (Phi) is 6.91. The number of amides is 4. The van der Waals surface area contributed by atoms with Crippen molar-refractivity contribution in [1.29, 1.82) is 0 Å². The van der Waals surface area contributed by atoms with Gasteiger partial charge in [0.2, 0.25) is 0 Å². The van der Waals surface area contributed by atoms with Crippen molar-refractivity contribution in [2.24, 2.45) is 0 Å². The first kappa shape index (κ1) is 28.6. The van der Waals surface area contributed by atoms with E-state index >= 15 is 0 Å². The summed E-state index contributed by atoms with van der Waals surface area (Å²) >= 11 is 0. The highest BCUT2D eigenvalue weighted by atomic mass is 32.2. The molecule has 1 saturated carbocycles. The minimum absolute atomic E-state index is 0.0489. The third kappa shape index (κ3) is 4.88. The molecule has 2 aliphatic heterocycles. The van der Waals surface area contributed by atoms with Crippen LogP contribution in [0.3, 0.4) is 0 Å². The highest BCUT2D eigenvalue weighted by Gasteiger charge is 2.65. The second kappa shape index (κ2) is 10.4. The summed E-state index contributed by atoms with van der Waals surface area (Å²) in [6.07, 6.45) is 3.70. The Morgan fingerprint density at radius 1 is 0.884 bits per heavy atom. The molecule has 1 aromatic heterocycles. The van der Waals surface area contributed by atoms with Gasteiger partial charge in [0.15, 0.2) is 0 Å². The van der Waals surface area contributed by atoms with Crippen LogP contribution in [0.4, 0.5) is 29.3 Å². The average Bonchev–Trinajstić information content (AvgIpc) is 3.78. The van der Waals surface area contributed by atoms with E-state index in [1.54, 1.807) is 11.0 Å². The van der Waals surface area contributed by atoms with Crippen LogP contribution >= 0.6 is 0 Å². The van der Waals surface area contributed by atoms with Crippen LogP contribution in [0.15, 0.2) is 78.0 Å². The zero-order valence-electron chi connectivity index (χ0n) is 22.7. The first-order chi connectivity index (χ1) is 20.4. The number of imide groups is 1. The number of sulfone groups is 1. The van der Waals surface area contributed by atoms with Crippen LogP contribution in [-0.4, -0.2) is 78.3 Å². The Morgan fingerprint density at radius 3 is 2.14 bits per heavy atom. The van der Waals surface area contributed by atoms with Crippen molar-refractivity contribution < 1.29 is 36.0 Å². The van der Waals surface area contributed by atoms with Gasteiger partial charge in [0.05, 0.1) is 16.1 Å². The van der Waals surface area contributed by atoms with Crippen LogP contribution in [0.25, 0.3) is 0 Å². The molecular weight excluding hydrogens is 587 g/mol. The second-order valence-electron chi connectivity index (χ2n) is 10.6. The van der Waals surface area contributed by atoms with Gasteiger partial charge in [-0.25, -0.2) is 18.1 Å². The predicted molar refractivity (Wildman–Crippen MR) is 149 cm³/mol. The summed E-state index contributed by atoms with van der Waals surface area (Å²) in [4.78, 5) is 49.9. The lowest BCUT2D eigenvalue weighted by atomic mass is 10.1. The van der Waals surface area contributed by atoms with Gasteiger partial charge < -0.3 is 14.7 Å². The van der Waals surface area contributed by atoms with Gasteiger partial charge in [-0.15, -0.1) is 0 Å². The van der Waals surface area contributed by atoms with E-state index in [1.165, 1.54) is 17.3 Å². The molecule has 224 valence electrons. The van der Waals surface area contributed by atoms with Gasteiger partial charge in [-0.1, -0.05) is 18.2 Å². The van der Waals surface area contributed by atoms with Crippen LogP contribution in [0.5, 0.6) is 0 Å². The van der Waals surface area contributed by atoms with Crippen LogP contribution < -0.4 is 9.80 Å². The van der Waals surface area contributed by atoms with Crippen molar-refractivity contribution in [2.75, 3.05) is 36.0 Å². The molecule has 3 aromatic rings. The molecule has 3 aliphatic rings. The SMILES string of the molecule is O=C(c1cnccc1CN1C(=O)N(c2ccc(S(=O)(=O)C(F)(F)F)cc2)C(=O)C12CC2)N1CCN(c2ccccc2)CC1. The molecule has 0 atom stereocenters. The topological polar surface area (TPSA) is 111 Å². The molecule has 0 N–H and O–H groups in total. The smallest absolute Gasteiger partial charge is 0.368 e. The largest absolute Gasteiger partial charge is 0.501 e. The maximum atomic E-state index is 13.6. The normalized spacial score (nSPS) is 18.5. The quantitative estimate of drug-likeness (QED) is 0.389. The lowest BCUT2D eigenvalue weighted by Gasteiger charge is -2.36. The van der Waals surface area contributed by atoms with Gasteiger partial charge in [-0.2, -0.15) is 13.2 Å². The number of hydrogen-bond donors (Lipinski definition) is 0. The van der Waals surface area contributed by atoms with Crippen LogP contribution in [0, 0.1) is 0 Å². The van der Waals surface area contributed by atoms with Crippen molar-refractivity contribution >= 4 is 39.1 Å². The zero-order valence-corrected chi connectivity index (χ0v) is 23.5. The summed E-state index contributed by atoms with van der Waals surface area (Å²) in [7, 11) is -5.59. The van der Waals surface area contributed by atoms with Crippen molar-refractivity contribution in [3.63, 3.8) is 0 Å². The van der Waals surface area contributed by atoms with E-state index in [2.05, 4.69) is 9.88 Å². The molecule has 10 nitrogen and oxygen atoms in total. The Bertz CT molecular complexity index is 1690. The van der Waals surface area contributed by atoms with Gasteiger partial charge in [-0.3, -0.25) is 14.6 Å². The van der Waals surface area contributed by atoms with Gasteiger partial charge in [-0.05, 0) is 60.9 Å². The Hall–Kier alpha value is -4.46. The van der Waals surface area contributed by atoms with Crippen molar-refractivity contribution in [3.8, 4) is 0 Å². The summed E-state index contributed by atoms with van der Waals surface area (Å²) in [6, 6.07) is 14.3. The molecule has 0 radical (unpaired) electrons. The molecule has 3 fully saturated rings. The highest BCUT2D eigenvalue weighted by Crippen LogP contribution is 2.50. The summed E-state index contributed by atoms with van der Waals surface area (Å²) in [5, 5.41) is 0. The monoisotopic (exact) mass is 613 g/mol. The molecule has 4 amide bonds. The first-order valence-electron chi connectivity index (χ1n) is 13.5. The predicted octanol–water partition coefficient (Wildman–Crippen LogP) is 3.84. The fourth-order valence-electron chi connectivity index (χ4n) is 5.57. The lowest BCUT2D eigenvalue weighted by molar-refractivity contribution is -0.120. The number of urea groups is 1. The molecule has 3 heterocycles.